The quantitative estimate of drug-likeness (QED) is 0.519. The van der Waals surface area contributed by atoms with E-state index in [4.69, 9.17) is 0 Å². The van der Waals surface area contributed by atoms with E-state index >= 15 is 0 Å². The van der Waals surface area contributed by atoms with E-state index in [1.54, 1.807) is 24.9 Å². The third-order valence-corrected chi connectivity index (χ3v) is 1.21. The average molecular weight is 127 g/mol. The van der Waals surface area contributed by atoms with Gasteiger partial charge in [-0.1, -0.05) is 6.08 Å². The lowest BCUT2D eigenvalue weighted by Gasteiger charge is -2.11. The zero-order chi connectivity index (χ0) is 7.28. The Morgan fingerprint density at radius 2 is 2.33 bits per heavy atom. The van der Waals surface area contributed by atoms with Gasteiger partial charge in [-0.15, -0.1) is 6.58 Å². The van der Waals surface area contributed by atoms with Crippen LogP contribution in [0.15, 0.2) is 12.7 Å². The third kappa shape index (κ3) is 3.76. The molecule has 9 heavy (non-hydrogen) atoms. The standard InChI is InChI=1S/C7H13NO/c1-4-5-6-8(3)7(2)9/h4H,1,5-6H2,2-3H3. The maximum atomic E-state index is 10.5. The highest BCUT2D eigenvalue weighted by Crippen LogP contribution is 1.87. The van der Waals surface area contributed by atoms with Crippen LogP contribution in [0.4, 0.5) is 0 Å². The number of hydrogen-bond donors (Lipinski definition) is 0. The first-order valence-electron chi connectivity index (χ1n) is 3.01. The first-order valence-corrected chi connectivity index (χ1v) is 3.01. The first-order chi connectivity index (χ1) is 4.18. The zero-order valence-electron chi connectivity index (χ0n) is 6.05. The minimum absolute atomic E-state index is 0.108. The highest BCUT2D eigenvalue weighted by molar-refractivity contribution is 5.72. The third-order valence-electron chi connectivity index (χ3n) is 1.21. The summed E-state index contributed by atoms with van der Waals surface area (Å²) in [5.41, 5.74) is 0. The van der Waals surface area contributed by atoms with Gasteiger partial charge in [-0.2, -0.15) is 0 Å². The molecule has 0 rings (SSSR count). The Morgan fingerprint density at radius 1 is 1.78 bits per heavy atom. The van der Waals surface area contributed by atoms with Crippen LogP contribution in [0.25, 0.3) is 0 Å². The van der Waals surface area contributed by atoms with Crippen LogP contribution in [0, 0.1) is 0 Å². The Balaban J connectivity index is 3.37. The molecule has 0 aromatic carbocycles. The molecule has 0 radical (unpaired) electrons. The van der Waals surface area contributed by atoms with E-state index in [2.05, 4.69) is 6.58 Å². The molecule has 0 spiro atoms. The van der Waals surface area contributed by atoms with Crippen molar-refractivity contribution >= 4 is 5.91 Å². The molecule has 1 amide bonds. The highest BCUT2D eigenvalue weighted by Gasteiger charge is 1.97. The molecular formula is C7H13NO. The molecule has 0 bridgehead atoms. The van der Waals surface area contributed by atoms with Crippen LogP contribution in [0.2, 0.25) is 0 Å². The first kappa shape index (κ1) is 8.21. The van der Waals surface area contributed by atoms with Crippen molar-refractivity contribution in [3.8, 4) is 0 Å². The second-order valence-electron chi connectivity index (χ2n) is 2.02. The molecule has 0 aliphatic heterocycles. The van der Waals surface area contributed by atoms with Crippen molar-refractivity contribution in [2.45, 2.75) is 13.3 Å². The maximum Gasteiger partial charge on any atom is 0.219 e. The summed E-state index contributed by atoms with van der Waals surface area (Å²) in [7, 11) is 1.78. The largest absolute Gasteiger partial charge is 0.346 e. The molecule has 0 saturated heterocycles. The molecule has 2 nitrogen and oxygen atoms in total. The monoisotopic (exact) mass is 127 g/mol. The van der Waals surface area contributed by atoms with E-state index in [0.29, 0.717) is 0 Å². The van der Waals surface area contributed by atoms with Crippen molar-refractivity contribution in [2.75, 3.05) is 13.6 Å². The second kappa shape index (κ2) is 4.13. The molecule has 0 unspecified atom stereocenters. The van der Waals surface area contributed by atoms with Crippen molar-refractivity contribution in [2.24, 2.45) is 0 Å². The summed E-state index contributed by atoms with van der Waals surface area (Å²) in [4.78, 5) is 12.2. The van der Waals surface area contributed by atoms with Crippen LogP contribution < -0.4 is 0 Å². The van der Waals surface area contributed by atoms with Gasteiger partial charge in [-0.3, -0.25) is 4.79 Å². The van der Waals surface area contributed by atoms with Gasteiger partial charge in [0.15, 0.2) is 0 Å². The van der Waals surface area contributed by atoms with E-state index in [-0.39, 0.29) is 5.91 Å². The van der Waals surface area contributed by atoms with Gasteiger partial charge in [0.05, 0.1) is 0 Å². The topological polar surface area (TPSA) is 20.3 Å². The molecular weight excluding hydrogens is 114 g/mol. The fraction of sp³-hybridized carbons (Fsp3) is 0.571. The van der Waals surface area contributed by atoms with Crippen LogP contribution >= 0.6 is 0 Å². The Kier molecular flexibility index (Phi) is 3.76. The van der Waals surface area contributed by atoms with E-state index in [9.17, 15) is 4.79 Å². The van der Waals surface area contributed by atoms with Crippen molar-refractivity contribution in [1.82, 2.24) is 4.90 Å². The number of amides is 1. The summed E-state index contributed by atoms with van der Waals surface area (Å²) in [6, 6.07) is 0. The molecule has 0 heterocycles. The molecule has 0 aromatic rings. The molecule has 0 aromatic heterocycles. The minimum Gasteiger partial charge on any atom is -0.346 e. The van der Waals surface area contributed by atoms with Gasteiger partial charge in [0.25, 0.3) is 0 Å². The molecule has 2 heteroatoms. The summed E-state index contributed by atoms with van der Waals surface area (Å²) in [5.74, 6) is 0.108. The predicted octanol–water partition coefficient (Wildman–Crippen LogP) is 1.04. The number of nitrogens with zero attached hydrogens (tertiary/aromatic N) is 1. The van der Waals surface area contributed by atoms with Gasteiger partial charge in [-0.05, 0) is 6.42 Å². The van der Waals surface area contributed by atoms with E-state index in [1.165, 1.54) is 0 Å². The van der Waals surface area contributed by atoms with E-state index < -0.39 is 0 Å². The average Bonchev–Trinajstić information content (AvgIpc) is 1.82. The SMILES string of the molecule is C=CCCN(C)C(C)=O. The van der Waals surface area contributed by atoms with Crippen molar-refractivity contribution in [3.63, 3.8) is 0 Å². The summed E-state index contributed by atoms with van der Waals surface area (Å²) >= 11 is 0. The van der Waals surface area contributed by atoms with Crippen LogP contribution in [0.5, 0.6) is 0 Å². The Labute approximate surface area is 56.2 Å². The van der Waals surface area contributed by atoms with Crippen LogP contribution in [-0.4, -0.2) is 24.4 Å². The normalized spacial score (nSPS) is 8.67. The maximum absolute atomic E-state index is 10.5. The molecule has 52 valence electrons. The highest BCUT2D eigenvalue weighted by atomic mass is 16.2. The summed E-state index contributed by atoms with van der Waals surface area (Å²) in [6.45, 7) is 5.89. The van der Waals surface area contributed by atoms with Crippen molar-refractivity contribution in [1.29, 1.82) is 0 Å². The Hall–Kier alpha value is -0.790. The zero-order valence-corrected chi connectivity index (χ0v) is 6.05. The van der Waals surface area contributed by atoms with Crippen LogP contribution in [0.1, 0.15) is 13.3 Å². The number of carbonyl (C=O) groups excluding carboxylic acids is 1. The van der Waals surface area contributed by atoms with E-state index in [0.717, 1.165) is 13.0 Å². The summed E-state index contributed by atoms with van der Waals surface area (Å²) < 4.78 is 0. The molecule has 0 aliphatic rings. The lowest BCUT2D eigenvalue weighted by molar-refractivity contribution is -0.127. The molecule has 0 N–H and O–H groups in total. The second-order valence-corrected chi connectivity index (χ2v) is 2.02. The van der Waals surface area contributed by atoms with Gasteiger partial charge >= 0.3 is 0 Å². The van der Waals surface area contributed by atoms with Gasteiger partial charge in [0, 0.05) is 20.5 Å². The van der Waals surface area contributed by atoms with Gasteiger partial charge in [-0.25, -0.2) is 0 Å². The molecule has 0 saturated carbocycles. The van der Waals surface area contributed by atoms with E-state index in [1.807, 2.05) is 0 Å². The lowest BCUT2D eigenvalue weighted by Crippen LogP contribution is -2.24. The van der Waals surface area contributed by atoms with Gasteiger partial charge in [0.1, 0.15) is 0 Å². The fourth-order valence-electron chi connectivity index (χ4n) is 0.442. The number of rotatable bonds is 3. The molecule has 0 fully saturated rings. The summed E-state index contributed by atoms with van der Waals surface area (Å²) in [6.07, 6.45) is 2.68. The van der Waals surface area contributed by atoms with Gasteiger partial charge in [0.2, 0.25) is 5.91 Å². The number of carbonyl (C=O) groups is 1. The smallest absolute Gasteiger partial charge is 0.219 e. The van der Waals surface area contributed by atoms with Crippen LogP contribution in [-0.2, 0) is 4.79 Å². The fourth-order valence-corrected chi connectivity index (χ4v) is 0.442. The Bertz CT molecular complexity index is 109. The molecule has 0 atom stereocenters. The van der Waals surface area contributed by atoms with Crippen molar-refractivity contribution in [3.05, 3.63) is 12.7 Å². The summed E-state index contributed by atoms with van der Waals surface area (Å²) in [5, 5.41) is 0. The van der Waals surface area contributed by atoms with Crippen LogP contribution in [0.3, 0.4) is 0 Å². The number of hydrogen-bond acceptors (Lipinski definition) is 1. The predicted molar refractivity (Wildman–Crippen MR) is 38.1 cm³/mol. The van der Waals surface area contributed by atoms with Crippen molar-refractivity contribution < 1.29 is 4.79 Å². The minimum atomic E-state index is 0.108. The lowest BCUT2D eigenvalue weighted by atomic mass is 10.4. The van der Waals surface area contributed by atoms with Gasteiger partial charge < -0.3 is 4.90 Å². The molecule has 0 aliphatic carbocycles. The Morgan fingerprint density at radius 3 is 2.67 bits per heavy atom.